The first kappa shape index (κ1) is 7.80. The maximum absolute atomic E-state index is 4.18. The number of hydrogen-bond donors (Lipinski definition) is 1. The molecule has 0 aromatic heterocycles. The highest BCUT2D eigenvalue weighted by atomic mass is 15.2. The largest absolute Gasteiger partial charge is 0.371 e. The quantitative estimate of drug-likeness (QED) is 0.616. The van der Waals surface area contributed by atoms with Crippen molar-refractivity contribution in [2.45, 2.75) is 12.8 Å². The van der Waals surface area contributed by atoms with Gasteiger partial charge < -0.3 is 10.2 Å². The number of piperazine rings is 1. The van der Waals surface area contributed by atoms with Gasteiger partial charge in [-0.05, 0) is 12.8 Å². The Bertz CT molecular complexity index is 202. The lowest BCUT2D eigenvalue weighted by molar-refractivity contribution is 0.290. The fourth-order valence-corrected chi connectivity index (χ4v) is 1.68. The van der Waals surface area contributed by atoms with Crippen molar-refractivity contribution in [3.63, 3.8) is 0 Å². The van der Waals surface area contributed by atoms with Crippen molar-refractivity contribution in [2.24, 2.45) is 4.99 Å². The lowest BCUT2D eigenvalue weighted by atomic mass is 10.2. The third-order valence-electron chi connectivity index (χ3n) is 2.38. The Kier molecular flexibility index (Phi) is 2.42. The van der Waals surface area contributed by atoms with E-state index in [1.165, 1.54) is 12.1 Å². The zero-order valence-electron chi connectivity index (χ0n) is 7.29. The van der Waals surface area contributed by atoms with Crippen LogP contribution in [-0.2, 0) is 0 Å². The first-order valence-electron chi connectivity index (χ1n) is 4.63. The van der Waals surface area contributed by atoms with Crippen molar-refractivity contribution in [1.29, 1.82) is 0 Å². The second-order valence-electron chi connectivity index (χ2n) is 3.23. The van der Waals surface area contributed by atoms with E-state index in [1.54, 1.807) is 0 Å². The van der Waals surface area contributed by atoms with Crippen LogP contribution in [0.3, 0.4) is 0 Å². The van der Waals surface area contributed by atoms with E-state index in [0.29, 0.717) is 0 Å². The van der Waals surface area contributed by atoms with Gasteiger partial charge in [-0.15, -0.1) is 0 Å². The van der Waals surface area contributed by atoms with Gasteiger partial charge in [-0.3, -0.25) is 4.99 Å². The van der Waals surface area contributed by atoms with Gasteiger partial charge in [0.25, 0.3) is 0 Å². The van der Waals surface area contributed by atoms with E-state index in [-0.39, 0.29) is 0 Å². The summed E-state index contributed by atoms with van der Waals surface area (Å²) >= 11 is 0. The maximum Gasteiger partial charge on any atom is 0.0455 e. The van der Waals surface area contributed by atoms with Crippen LogP contribution < -0.4 is 5.32 Å². The van der Waals surface area contributed by atoms with E-state index < -0.39 is 0 Å². The average molecular weight is 165 g/mol. The standard InChI is InChI=1S/C9H15N3/c1-2-9(8-11-3-1)12-6-4-10-5-7-12/h3,8,10H,1-2,4-7H2. The molecule has 3 nitrogen and oxygen atoms in total. The first-order valence-corrected chi connectivity index (χ1v) is 4.63. The monoisotopic (exact) mass is 165 g/mol. The minimum Gasteiger partial charge on any atom is -0.371 e. The molecule has 0 unspecified atom stereocenters. The molecule has 1 fully saturated rings. The van der Waals surface area contributed by atoms with E-state index in [2.05, 4.69) is 15.2 Å². The molecule has 0 aromatic rings. The maximum atomic E-state index is 4.18. The first-order chi connectivity index (χ1) is 5.97. The summed E-state index contributed by atoms with van der Waals surface area (Å²) in [5, 5.41) is 3.35. The van der Waals surface area contributed by atoms with Gasteiger partial charge >= 0.3 is 0 Å². The molecule has 0 aliphatic carbocycles. The Morgan fingerprint density at radius 3 is 2.83 bits per heavy atom. The summed E-state index contributed by atoms with van der Waals surface area (Å²) in [6.45, 7) is 4.50. The Hall–Kier alpha value is -0.830. The summed E-state index contributed by atoms with van der Waals surface area (Å²) in [6, 6.07) is 0. The van der Waals surface area contributed by atoms with Crippen LogP contribution in [0.4, 0.5) is 0 Å². The highest BCUT2D eigenvalue weighted by molar-refractivity contribution is 5.60. The van der Waals surface area contributed by atoms with Gasteiger partial charge in [0.05, 0.1) is 0 Å². The van der Waals surface area contributed by atoms with Crippen molar-refractivity contribution >= 4 is 6.21 Å². The molecule has 0 spiro atoms. The van der Waals surface area contributed by atoms with Crippen molar-refractivity contribution in [1.82, 2.24) is 10.2 Å². The number of aliphatic imine (C=N–C) groups is 1. The predicted octanol–water partition coefficient (Wildman–Crippen LogP) is 0.598. The Morgan fingerprint density at radius 1 is 1.33 bits per heavy atom. The molecule has 1 saturated heterocycles. The molecule has 0 aromatic carbocycles. The summed E-state index contributed by atoms with van der Waals surface area (Å²) in [4.78, 5) is 6.62. The van der Waals surface area contributed by atoms with Gasteiger partial charge in [-0.25, -0.2) is 0 Å². The number of nitrogens with zero attached hydrogens (tertiary/aromatic N) is 2. The Labute approximate surface area is 73.2 Å². The Morgan fingerprint density at radius 2 is 2.17 bits per heavy atom. The minimum absolute atomic E-state index is 1.11. The molecule has 2 aliphatic rings. The van der Waals surface area contributed by atoms with Crippen molar-refractivity contribution in [3.8, 4) is 0 Å². The second-order valence-corrected chi connectivity index (χ2v) is 3.23. The molecular formula is C9H15N3. The molecule has 2 aliphatic heterocycles. The van der Waals surface area contributed by atoms with Crippen LogP contribution in [0.25, 0.3) is 0 Å². The van der Waals surface area contributed by atoms with Crippen LogP contribution >= 0.6 is 0 Å². The van der Waals surface area contributed by atoms with Crippen molar-refractivity contribution < 1.29 is 0 Å². The zero-order chi connectivity index (χ0) is 8.23. The summed E-state index contributed by atoms with van der Waals surface area (Å²) < 4.78 is 0. The van der Waals surface area contributed by atoms with Crippen LogP contribution in [0.1, 0.15) is 12.8 Å². The molecule has 66 valence electrons. The summed E-state index contributed by atoms with van der Waals surface area (Å²) in [5.74, 6) is 0. The fraction of sp³-hybridized carbons (Fsp3) is 0.667. The molecule has 3 heteroatoms. The minimum atomic E-state index is 1.11. The molecule has 12 heavy (non-hydrogen) atoms. The van der Waals surface area contributed by atoms with Crippen molar-refractivity contribution in [3.05, 3.63) is 11.9 Å². The van der Waals surface area contributed by atoms with Gasteiger partial charge in [-0.1, -0.05) is 0 Å². The fourth-order valence-electron chi connectivity index (χ4n) is 1.68. The van der Waals surface area contributed by atoms with Gasteiger partial charge in [0.2, 0.25) is 0 Å². The Balaban J connectivity index is 1.97. The predicted molar refractivity (Wildman–Crippen MR) is 50.3 cm³/mol. The summed E-state index contributed by atoms with van der Waals surface area (Å²) in [5.41, 5.74) is 1.42. The summed E-state index contributed by atoms with van der Waals surface area (Å²) in [6.07, 6.45) is 6.28. The van der Waals surface area contributed by atoms with E-state index in [9.17, 15) is 0 Å². The normalized spacial score (nSPS) is 24.0. The lowest BCUT2D eigenvalue weighted by Crippen LogP contribution is -2.42. The van der Waals surface area contributed by atoms with Crippen LogP contribution in [0.15, 0.2) is 16.9 Å². The van der Waals surface area contributed by atoms with Crippen LogP contribution in [-0.4, -0.2) is 37.3 Å². The van der Waals surface area contributed by atoms with E-state index in [1.807, 2.05) is 12.4 Å². The highest BCUT2D eigenvalue weighted by Crippen LogP contribution is 2.14. The molecular weight excluding hydrogens is 150 g/mol. The number of allylic oxidation sites excluding steroid dienone is 1. The molecule has 0 radical (unpaired) electrons. The van der Waals surface area contributed by atoms with Gasteiger partial charge in [-0.2, -0.15) is 0 Å². The summed E-state index contributed by atoms with van der Waals surface area (Å²) in [7, 11) is 0. The molecule has 0 saturated carbocycles. The van der Waals surface area contributed by atoms with Crippen LogP contribution in [0, 0.1) is 0 Å². The third-order valence-corrected chi connectivity index (χ3v) is 2.38. The van der Waals surface area contributed by atoms with E-state index in [4.69, 9.17) is 0 Å². The van der Waals surface area contributed by atoms with Crippen molar-refractivity contribution in [2.75, 3.05) is 26.2 Å². The van der Waals surface area contributed by atoms with E-state index >= 15 is 0 Å². The smallest absolute Gasteiger partial charge is 0.0455 e. The topological polar surface area (TPSA) is 27.6 Å². The lowest BCUT2D eigenvalue weighted by Gasteiger charge is -2.31. The molecule has 0 atom stereocenters. The average Bonchev–Trinajstić information content (AvgIpc) is 2.21. The molecule has 0 amide bonds. The van der Waals surface area contributed by atoms with Gasteiger partial charge in [0, 0.05) is 44.3 Å². The molecule has 0 bridgehead atoms. The SMILES string of the molecule is C1=NC=C(N2CCNCC2)CC1. The number of nitrogens with one attached hydrogen (secondary N) is 1. The highest BCUT2D eigenvalue weighted by Gasteiger charge is 2.12. The molecule has 1 N–H and O–H groups in total. The van der Waals surface area contributed by atoms with Crippen LogP contribution in [0.5, 0.6) is 0 Å². The molecule has 2 rings (SSSR count). The van der Waals surface area contributed by atoms with E-state index in [0.717, 1.165) is 32.6 Å². The van der Waals surface area contributed by atoms with Gasteiger partial charge in [0.15, 0.2) is 0 Å². The van der Waals surface area contributed by atoms with Gasteiger partial charge in [0.1, 0.15) is 0 Å². The second kappa shape index (κ2) is 3.72. The molecule has 2 heterocycles. The van der Waals surface area contributed by atoms with Crippen LogP contribution in [0.2, 0.25) is 0 Å². The third kappa shape index (κ3) is 1.67. The zero-order valence-corrected chi connectivity index (χ0v) is 7.29. The number of rotatable bonds is 1. The number of hydrogen-bond acceptors (Lipinski definition) is 3.